The van der Waals surface area contributed by atoms with Gasteiger partial charge in [0.2, 0.25) is 0 Å². The van der Waals surface area contributed by atoms with Gasteiger partial charge in [-0.05, 0) is 38.0 Å². The molecule has 3 aliphatic rings. The summed E-state index contributed by atoms with van der Waals surface area (Å²) in [6, 6.07) is 0.695. The van der Waals surface area contributed by atoms with Gasteiger partial charge in [-0.2, -0.15) is 0 Å². The van der Waals surface area contributed by atoms with E-state index in [1.165, 1.54) is 19.3 Å². The van der Waals surface area contributed by atoms with Gasteiger partial charge in [-0.15, -0.1) is 0 Å². The molecule has 4 nitrogen and oxygen atoms in total. The van der Waals surface area contributed by atoms with Crippen LogP contribution in [0.15, 0.2) is 0 Å². The van der Waals surface area contributed by atoms with Crippen LogP contribution in [0.3, 0.4) is 0 Å². The van der Waals surface area contributed by atoms with Gasteiger partial charge in [0.05, 0.1) is 18.6 Å². The molecular weight excluding hydrogens is 254 g/mol. The number of rotatable bonds is 2. The zero-order valence-electron chi connectivity index (χ0n) is 12.5. The predicted octanol–water partition coefficient (Wildman–Crippen LogP) is 2.52. The van der Waals surface area contributed by atoms with Gasteiger partial charge in [-0.3, -0.25) is 9.69 Å². The number of nitrogens with zero attached hydrogens (tertiary/aromatic N) is 1. The zero-order chi connectivity index (χ0) is 14.1. The monoisotopic (exact) mass is 281 g/mol. The summed E-state index contributed by atoms with van der Waals surface area (Å²) in [5, 5.41) is 9.56. The first-order chi connectivity index (χ1) is 9.66. The minimum Gasteiger partial charge on any atom is -0.481 e. The maximum absolute atomic E-state index is 11.6. The number of carbonyl (C=O) groups is 1. The summed E-state index contributed by atoms with van der Waals surface area (Å²) in [7, 11) is 0. The van der Waals surface area contributed by atoms with Crippen LogP contribution in [0.1, 0.15) is 51.9 Å². The fourth-order valence-corrected chi connectivity index (χ4v) is 4.54. The van der Waals surface area contributed by atoms with Crippen molar-refractivity contribution < 1.29 is 14.6 Å². The summed E-state index contributed by atoms with van der Waals surface area (Å²) < 4.78 is 5.94. The Morgan fingerprint density at radius 3 is 2.75 bits per heavy atom. The molecule has 1 heterocycles. The van der Waals surface area contributed by atoms with Crippen molar-refractivity contribution >= 4 is 5.97 Å². The van der Waals surface area contributed by atoms with Crippen LogP contribution in [0.2, 0.25) is 0 Å². The van der Waals surface area contributed by atoms with Crippen molar-refractivity contribution in [1.82, 2.24) is 4.90 Å². The molecule has 1 aliphatic heterocycles. The Labute approximate surface area is 121 Å². The van der Waals surface area contributed by atoms with E-state index < -0.39 is 5.97 Å². The van der Waals surface area contributed by atoms with E-state index in [2.05, 4.69) is 11.8 Å². The van der Waals surface area contributed by atoms with E-state index in [9.17, 15) is 9.90 Å². The van der Waals surface area contributed by atoms with Crippen LogP contribution in [0.4, 0.5) is 0 Å². The minimum atomic E-state index is -0.597. The lowest BCUT2D eigenvalue weighted by Crippen LogP contribution is -2.59. The first-order valence-electron chi connectivity index (χ1n) is 8.27. The number of aliphatic carboxylic acids is 1. The van der Waals surface area contributed by atoms with Crippen LogP contribution >= 0.6 is 0 Å². The quantitative estimate of drug-likeness (QED) is 0.845. The van der Waals surface area contributed by atoms with Gasteiger partial charge in [-0.1, -0.05) is 19.8 Å². The fourth-order valence-electron chi connectivity index (χ4n) is 4.54. The van der Waals surface area contributed by atoms with E-state index >= 15 is 0 Å². The second-order valence-electron chi connectivity index (χ2n) is 6.93. The number of carboxylic acid groups (broad SMARTS) is 1. The Kier molecular flexibility index (Phi) is 4.32. The maximum atomic E-state index is 11.6. The summed E-state index contributed by atoms with van der Waals surface area (Å²) in [6.07, 6.45) is 8.16. The summed E-state index contributed by atoms with van der Waals surface area (Å²) >= 11 is 0. The third-order valence-electron chi connectivity index (χ3n) is 5.60. The smallest absolute Gasteiger partial charge is 0.308 e. The number of carboxylic acids is 1. The molecule has 0 bridgehead atoms. The van der Waals surface area contributed by atoms with E-state index in [-0.39, 0.29) is 12.0 Å². The summed E-state index contributed by atoms with van der Waals surface area (Å²) in [6.45, 7) is 3.96. The molecule has 0 aromatic carbocycles. The SMILES string of the molecule is CC1CCC(C(=O)O)C(N2CCOC3CCCCC32)C1. The highest BCUT2D eigenvalue weighted by molar-refractivity contribution is 5.71. The van der Waals surface area contributed by atoms with Crippen molar-refractivity contribution in [2.24, 2.45) is 11.8 Å². The Balaban J connectivity index is 1.78. The molecule has 3 rings (SSSR count). The van der Waals surface area contributed by atoms with Crippen LogP contribution in [0.25, 0.3) is 0 Å². The Morgan fingerprint density at radius 2 is 1.95 bits per heavy atom. The van der Waals surface area contributed by atoms with E-state index in [4.69, 9.17) is 4.74 Å². The Hall–Kier alpha value is -0.610. The molecule has 0 aromatic heterocycles. The normalized spacial score (nSPS) is 43.0. The van der Waals surface area contributed by atoms with Crippen LogP contribution in [-0.4, -0.2) is 47.3 Å². The lowest BCUT2D eigenvalue weighted by Gasteiger charge is -2.50. The lowest BCUT2D eigenvalue weighted by atomic mass is 9.76. The van der Waals surface area contributed by atoms with Crippen molar-refractivity contribution in [2.75, 3.05) is 13.2 Å². The first-order valence-corrected chi connectivity index (χ1v) is 8.27. The van der Waals surface area contributed by atoms with Crippen molar-refractivity contribution in [3.8, 4) is 0 Å². The van der Waals surface area contributed by atoms with Gasteiger partial charge in [0.15, 0.2) is 0 Å². The van der Waals surface area contributed by atoms with Gasteiger partial charge in [-0.25, -0.2) is 0 Å². The van der Waals surface area contributed by atoms with Crippen LogP contribution < -0.4 is 0 Å². The Bertz CT molecular complexity index is 358. The standard InChI is InChI=1S/C16H27NO3/c1-11-6-7-12(16(18)19)14(10-11)17-8-9-20-15-5-3-2-4-13(15)17/h11-15H,2-10H2,1H3,(H,18,19). The summed E-state index contributed by atoms with van der Waals surface area (Å²) in [5.41, 5.74) is 0. The van der Waals surface area contributed by atoms with Crippen LogP contribution in [0, 0.1) is 11.8 Å². The van der Waals surface area contributed by atoms with Gasteiger partial charge in [0, 0.05) is 18.6 Å². The highest BCUT2D eigenvalue weighted by Gasteiger charge is 2.43. The second-order valence-corrected chi connectivity index (χ2v) is 6.93. The highest BCUT2D eigenvalue weighted by Crippen LogP contribution is 2.37. The van der Waals surface area contributed by atoms with Crippen molar-refractivity contribution in [3.05, 3.63) is 0 Å². The molecule has 5 unspecified atom stereocenters. The van der Waals surface area contributed by atoms with Gasteiger partial charge in [0.25, 0.3) is 0 Å². The highest BCUT2D eigenvalue weighted by atomic mass is 16.5. The average molecular weight is 281 g/mol. The molecule has 20 heavy (non-hydrogen) atoms. The largest absolute Gasteiger partial charge is 0.481 e. The van der Waals surface area contributed by atoms with E-state index in [0.717, 1.165) is 38.8 Å². The lowest BCUT2D eigenvalue weighted by molar-refractivity contribution is -0.153. The molecule has 0 radical (unpaired) electrons. The molecule has 1 saturated heterocycles. The topological polar surface area (TPSA) is 49.8 Å². The van der Waals surface area contributed by atoms with Crippen LogP contribution in [-0.2, 0) is 9.53 Å². The first kappa shape index (κ1) is 14.3. The van der Waals surface area contributed by atoms with Gasteiger partial charge in [0.1, 0.15) is 0 Å². The van der Waals surface area contributed by atoms with Gasteiger partial charge >= 0.3 is 5.97 Å². The Morgan fingerprint density at radius 1 is 1.15 bits per heavy atom. The van der Waals surface area contributed by atoms with Crippen molar-refractivity contribution in [2.45, 2.75) is 70.1 Å². The second kappa shape index (κ2) is 6.02. The minimum absolute atomic E-state index is 0.174. The summed E-state index contributed by atoms with van der Waals surface area (Å²) in [5.74, 6) is -0.117. The molecule has 0 amide bonds. The molecule has 2 saturated carbocycles. The van der Waals surface area contributed by atoms with Gasteiger partial charge < -0.3 is 9.84 Å². The van der Waals surface area contributed by atoms with Crippen molar-refractivity contribution in [3.63, 3.8) is 0 Å². The predicted molar refractivity (Wildman–Crippen MR) is 76.6 cm³/mol. The fraction of sp³-hybridized carbons (Fsp3) is 0.938. The third-order valence-corrected chi connectivity index (χ3v) is 5.60. The molecule has 2 aliphatic carbocycles. The number of fused-ring (bicyclic) bond motifs is 1. The molecule has 0 aromatic rings. The number of ether oxygens (including phenoxy) is 1. The zero-order valence-corrected chi connectivity index (χ0v) is 12.5. The van der Waals surface area contributed by atoms with Crippen LogP contribution in [0.5, 0.6) is 0 Å². The summed E-state index contributed by atoms with van der Waals surface area (Å²) in [4.78, 5) is 14.1. The molecule has 114 valence electrons. The number of hydrogen-bond acceptors (Lipinski definition) is 3. The molecular formula is C16H27NO3. The molecule has 5 atom stereocenters. The van der Waals surface area contributed by atoms with E-state index in [1.54, 1.807) is 0 Å². The third kappa shape index (κ3) is 2.73. The maximum Gasteiger partial charge on any atom is 0.308 e. The molecule has 1 N–H and O–H groups in total. The number of hydrogen-bond donors (Lipinski definition) is 1. The molecule has 0 spiro atoms. The number of morpholine rings is 1. The molecule has 3 fully saturated rings. The van der Waals surface area contributed by atoms with E-state index in [0.29, 0.717) is 18.1 Å². The average Bonchev–Trinajstić information content (AvgIpc) is 2.46. The van der Waals surface area contributed by atoms with E-state index in [1.807, 2.05) is 0 Å². The molecule has 4 heteroatoms. The van der Waals surface area contributed by atoms with Crippen molar-refractivity contribution in [1.29, 1.82) is 0 Å².